The van der Waals surface area contributed by atoms with Crippen molar-refractivity contribution in [1.82, 2.24) is 14.9 Å². The van der Waals surface area contributed by atoms with Crippen molar-refractivity contribution in [2.45, 2.75) is 45.2 Å². The summed E-state index contributed by atoms with van der Waals surface area (Å²) in [5.74, 6) is -0.0895. The van der Waals surface area contributed by atoms with Crippen LogP contribution in [0.5, 0.6) is 0 Å². The molecule has 5 nitrogen and oxygen atoms in total. The highest BCUT2D eigenvalue weighted by atomic mass is 16.2. The minimum Gasteiger partial charge on any atom is -0.352 e. The molecule has 1 saturated carbocycles. The van der Waals surface area contributed by atoms with Gasteiger partial charge in [0.05, 0.1) is 6.20 Å². The largest absolute Gasteiger partial charge is 0.352 e. The predicted octanol–water partition coefficient (Wildman–Crippen LogP) is 0.611. The van der Waals surface area contributed by atoms with Gasteiger partial charge >= 0.3 is 0 Å². The van der Waals surface area contributed by atoms with Gasteiger partial charge in [0.1, 0.15) is 6.54 Å². The lowest BCUT2D eigenvalue weighted by Gasteiger charge is -2.13. The normalized spacial score (nSPS) is 16.1. The van der Waals surface area contributed by atoms with Crippen LogP contribution in [0.25, 0.3) is 0 Å². The minimum absolute atomic E-state index is 0.0870. The fraction of sp³-hybridized carbons (Fsp3) is 0.583. The molecule has 17 heavy (non-hydrogen) atoms. The van der Waals surface area contributed by atoms with Crippen LogP contribution in [0.4, 0.5) is 0 Å². The number of nitrogens with zero attached hydrogens (tertiary/aromatic N) is 2. The number of amides is 1. The van der Waals surface area contributed by atoms with Gasteiger partial charge in [-0.3, -0.25) is 14.6 Å². The molecule has 1 amide bonds. The van der Waals surface area contributed by atoms with Crippen LogP contribution in [0.2, 0.25) is 0 Å². The second-order valence-electron chi connectivity index (χ2n) is 4.52. The van der Waals surface area contributed by atoms with Crippen LogP contribution in [0, 0.1) is 6.92 Å². The summed E-state index contributed by atoms with van der Waals surface area (Å²) in [6, 6.07) is 0.292. The first-order valence-corrected chi connectivity index (χ1v) is 5.97. The Labute approximate surface area is 99.9 Å². The van der Waals surface area contributed by atoms with Gasteiger partial charge in [-0.2, -0.15) is 0 Å². The molecule has 1 aliphatic rings. The van der Waals surface area contributed by atoms with E-state index < -0.39 is 0 Å². The summed E-state index contributed by atoms with van der Waals surface area (Å²) in [6.07, 6.45) is 7.28. The number of aromatic nitrogens is 2. The molecule has 1 N–H and O–H groups in total. The third kappa shape index (κ3) is 2.93. The fourth-order valence-corrected chi connectivity index (χ4v) is 2.21. The maximum atomic E-state index is 11.8. The second-order valence-corrected chi connectivity index (χ2v) is 4.52. The first kappa shape index (κ1) is 11.8. The highest BCUT2D eigenvalue weighted by Gasteiger charge is 2.17. The molecule has 0 aliphatic heterocycles. The molecule has 1 aromatic heterocycles. The van der Waals surface area contributed by atoms with Gasteiger partial charge in [-0.05, 0) is 19.8 Å². The zero-order valence-corrected chi connectivity index (χ0v) is 9.98. The molecule has 2 rings (SSSR count). The molecule has 1 fully saturated rings. The summed E-state index contributed by atoms with van der Waals surface area (Å²) in [5, 5.41) is 2.96. The zero-order valence-electron chi connectivity index (χ0n) is 9.98. The lowest BCUT2D eigenvalue weighted by Crippen LogP contribution is -2.38. The third-order valence-electron chi connectivity index (χ3n) is 3.16. The van der Waals surface area contributed by atoms with E-state index in [-0.39, 0.29) is 18.0 Å². The van der Waals surface area contributed by atoms with Gasteiger partial charge in [0, 0.05) is 17.9 Å². The van der Waals surface area contributed by atoms with Crippen molar-refractivity contribution >= 4 is 5.91 Å². The fourth-order valence-electron chi connectivity index (χ4n) is 2.21. The van der Waals surface area contributed by atoms with Crippen molar-refractivity contribution < 1.29 is 4.79 Å². The highest BCUT2D eigenvalue weighted by Crippen LogP contribution is 2.17. The first-order chi connectivity index (χ1) is 8.16. The molecule has 92 valence electrons. The lowest BCUT2D eigenvalue weighted by molar-refractivity contribution is -0.122. The Bertz CT molecular complexity index is 461. The molecule has 0 atom stereocenters. The van der Waals surface area contributed by atoms with Gasteiger partial charge < -0.3 is 9.88 Å². The minimum atomic E-state index is -0.230. The van der Waals surface area contributed by atoms with Crippen LogP contribution in [-0.4, -0.2) is 21.5 Å². The quantitative estimate of drug-likeness (QED) is 0.835. The summed E-state index contributed by atoms with van der Waals surface area (Å²) in [6.45, 7) is 1.86. The van der Waals surface area contributed by atoms with E-state index >= 15 is 0 Å². The molecule has 0 saturated heterocycles. The van der Waals surface area contributed by atoms with Gasteiger partial charge in [-0.15, -0.1) is 0 Å². The third-order valence-corrected chi connectivity index (χ3v) is 3.16. The number of carbonyl (C=O) groups is 1. The van der Waals surface area contributed by atoms with Crippen molar-refractivity contribution in [1.29, 1.82) is 0 Å². The van der Waals surface area contributed by atoms with Gasteiger partial charge in [-0.25, -0.2) is 0 Å². The van der Waals surface area contributed by atoms with Crippen LogP contribution in [0.1, 0.15) is 31.4 Å². The number of nitrogens with one attached hydrogen (secondary N) is 1. The Morgan fingerprint density at radius 1 is 1.47 bits per heavy atom. The maximum absolute atomic E-state index is 11.8. The maximum Gasteiger partial charge on any atom is 0.269 e. The highest BCUT2D eigenvalue weighted by molar-refractivity contribution is 5.76. The monoisotopic (exact) mass is 235 g/mol. The molecular weight excluding hydrogens is 218 g/mol. The molecule has 5 heteroatoms. The Kier molecular flexibility index (Phi) is 3.56. The van der Waals surface area contributed by atoms with Crippen LogP contribution >= 0.6 is 0 Å². The van der Waals surface area contributed by atoms with E-state index in [0.29, 0.717) is 11.7 Å². The Hall–Kier alpha value is -1.65. The molecule has 0 radical (unpaired) electrons. The van der Waals surface area contributed by atoms with Gasteiger partial charge in [0.15, 0.2) is 0 Å². The molecule has 1 aliphatic carbocycles. The summed E-state index contributed by atoms with van der Waals surface area (Å²) in [5.41, 5.74) is 0.477. The van der Waals surface area contributed by atoms with Crippen molar-refractivity contribution in [2.75, 3.05) is 0 Å². The number of carbonyl (C=O) groups excluding carboxylic acids is 1. The molecule has 1 aromatic rings. The summed E-state index contributed by atoms with van der Waals surface area (Å²) in [7, 11) is 0. The molecule has 0 unspecified atom stereocenters. The van der Waals surface area contributed by atoms with Gasteiger partial charge in [-0.1, -0.05) is 12.8 Å². The average molecular weight is 235 g/mol. The zero-order chi connectivity index (χ0) is 12.3. The average Bonchev–Trinajstić information content (AvgIpc) is 2.76. The van der Waals surface area contributed by atoms with Crippen LogP contribution < -0.4 is 10.9 Å². The molecular formula is C12H17N3O2. The smallest absolute Gasteiger partial charge is 0.269 e. The van der Waals surface area contributed by atoms with Crippen LogP contribution in [0.15, 0.2) is 17.2 Å². The van der Waals surface area contributed by atoms with E-state index in [4.69, 9.17) is 0 Å². The number of aryl methyl sites for hydroxylation is 1. The second kappa shape index (κ2) is 5.12. The SMILES string of the molecule is Cc1cncc(=O)n1CC(=O)NC1CCCC1. The van der Waals surface area contributed by atoms with E-state index in [2.05, 4.69) is 10.3 Å². The summed E-state index contributed by atoms with van der Waals surface area (Å²) < 4.78 is 1.44. The van der Waals surface area contributed by atoms with Crippen molar-refractivity contribution in [3.63, 3.8) is 0 Å². The van der Waals surface area contributed by atoms with Crippen LogP contribution in [-0.2, 0) is 11.3 Å². The molecule has 0 bridgehead atoms. The van der Waals surface area contributed by atoms with E-state index in [1.165, 1.54) is 23.6 Å². The Morgan fingerprint density at radius 2 is 2.18 bits per heavy atom. The number of hydrogen-bond acceptors (Lipinski definition) is 3. The standard InChI is InChI=1S/C12H17N3O2/c1-9-6-13-7-12(17)15(9)8-11(16)14-10-4-2-3-5-10/h6-7,10H,2-5,8H2,1H3,(H,14,16). The van der Waals surface area contributed by atoms with Gasteiger partial charge in [0.2, 0.25) is 5.91 Å². The molecule has 0 spiro atoms. The molecule has 0 aromatic carbocycles. The van der Waals surface area contributed by atoms with E-state index in [0.717, 1.165) is 12.8 Å². The number of hydrogen-bond donors (Lipinski definition) is 1. The van der Waals surface area contributed by atoms with Crippen LogP contribution in [0.3, 0.4) is 0 Å². The van der Waals surface area contributed by atoms with Gasteiger partial charge in [0.25, 0.3) is 5.56 Å². The van der Waals surface area contributed by atoms with Crippen molar-refractivity contribution in [3.05, 3.63) is 28.4 Å². The predicted molar refractivity (Wildman–Crippen MR) is 63.6 cm³/mol. The Balaban J connectivity index is 2.00. The first-order valence-electron chi connectivity index (χ1n) is 5.97. The molecule has 1 heterocycles. The van der Waals surface area contributed by atoms with E-state index in [9.17, 15) is 9.59 Å². The van der Waals surface area contributed by atoms with Crippen molar-refractivity contribution in [3.8, 4) is 0 Å². The summed E-state index contributed by atoms with van der Waals surface area (Å²) >= 11 is 0. The number of rotatable bonds is 3. The van der Waals surface area contributed by atoms with Crippen molar-refractivity contribution in [2.24, 2.45) is 0 Å². The Morgan fingerprint density at radius 3 is 2.82 bits per heavy atom. The van der Waals surface area contributed by atoms with E-state index in [1.807, 2.05) is 0 Å². The van der Waals surface area contributed by atoms with E-state index in [1.54, 1.807) is 13.1 Å². The lowest BCUT2D eigenvalue weighted by atomic mass is 10.2. The summed E-state index contributed by atoms with van der Waals surface area (Å²) in [4.78, 5) is 27.1. The topological polar surface area (TPSA) is 64.0 Å².